The number of urea groups is 2. The Morgan fingerprint density at radius 1 is 0.717 bits per heavy atom. The number of anilines is 2. The van der Waals surface area contributed by atoms with E-state index in [1.54, 1.807) is 19.3 Å². The Hall–Kier alpha value is -2.82. The molecule has 0 radical (unpaired) electrons. The number of carboxylic acid groups (broad SMARTS) is 2. The number of thiazole rings is 2. The van der Waals surface area contributed by atoms with E-state index in [9.17, 15) is 19.2 Å². The largest absolute Gasteiger partial charge is 0.481 e. The summed E-state index contributed by atoms with van der Waals surface area (Å²) < 4.78 is 1.61. The van der Waals surface area contributed by atoms with Gasteiger partial charge < -0.3 is 20.0 Å². The number of nitrogens with zero attached hydrogens (tertiary/aromatic N) is 4. The van der Waals surface area contributed by atoms with Gasteiger partial charge in [0.1, 0.15) is 5.25 Å². The number of carboxylic acids is 2. The van der Waals surface area contributed by atoms with Crippen LogP contribution in [0.4, 0.5) is 19.9 Å². The Labute approximate surface area is 329 Å². The summed E-state index contributed by atoms with van der Waals surface area (Å²) in [6.07, 6.45) is 28.1. The number of amides is 4. The molecule has 2 heterocycles. The van der Waals surface area contributed by atoms with Gasteiger partial charge in [-0.05, 0) is 64.7 Å². The molecule has 12 nitrogen and oxygen atoms in total. The molecule has 3 saturated carbocycles. The zero-order valence-electron chi connectivity index (χ0n) is 30.6. The van der Waals surface area contributed by atoms with Crippen LogP contribution in [0.5, 0.6) is 0 Å². The van der Waals surface area contributed by atoms with Crippen molar-refractivity contribution in [3.05, 3.63) is 24.5 Å². The Kier molecular flexibility index (Phi) is 16.6. The molecule has 0 aliphatic heterocycles. The minimum Gasteiger partial charge on any atom is -0.481 e. The van der Waals surface area contributed by atoms with Crippen LogP contribution in [0.2, 0.25) is 0 Å². The molecule has 2 unspecified atom stereocenters. The van der Waals surface area contributed by atoms with E-state index >= 15 is 0 Å². The first-order chi connectivity index (χ1) is 25.7. The Morgan fingerprint density at radius 2 is 1.19 bits per heavy atom. The summed E-state index contributed by atoms with van der Waals surface area (Å²) in [5.41, 5.74) is 0. The van der Waals surface area contributed by atoms with Crippen LogP contribution in [0.25, 0.3) is 0 Å². The number of aliphatic carboxylic acids is 2. The van der Waals surface area contributed by atoms with Crippen LogP contribution in [-0.4, -0.2) is 89.2 Å². The second-order valence-corrected chi connectivity index (χ2v) is 19.2. The van der Waals surface area contributed by atoms with Crippen molar-refractivity contribution in [2.45, 2.75) is 160 Å². The Morgan fingerprint density at radius 3 is 1.64 bits per heavy atom. The summed E-state index contributed by atoms with van der Waals surface area (Å²) in [7, 11) is 0. The maximum Gasteiger partial charge on any atom is 0.324 e. The summed E-state index contributed by atoms with van der Waals surface area (Å²) in [4.78, 5) is 60.6. The Balaban J connectivity index is 0.000000204. The van der Waals surface area contributed by atoms with Gasteiger partial charge in [-0.25, -0.2) is 19.6 Å². The highest BCUT2D eigenvalue weighted by molar-refractivity contribution is 8.02. The molecule has 16 heteroatoms. The average Bonchev–Trinajstić information content (AvgIpc) is 3.81. The van der Waals surface area contributed by atoms with Gasteiger partial charge in [0.2, 0.25) is 0 Å². The molecule has 0 aromatic carbocycles. The number of rotatable bonds is 12. The molecule has 4 aliphatic rings. The van der Waals surface area contributed by atoms with Crippen molar-refractivity contribution in [1.29, 1.82) is 0 Å². The molecule has 6 rings (SSSR count). The summed E-state index contributed by atoms with van der Waals surface area (Å²) in [6, 6.07) is 1.13. The van der Waals surface area contributed by atoms with E-state index < -0.39 is 17.2 Å². The number of aromatic nitrogens is 2. The van der Waals surface area contributed by atoms with Gasteiger partial charge in [-0.1, -0.05) is 104 Å². The van der Waals surface area contributed by atoms with Crippen LogP contribution in [0, 0.1) is 0 Å². The predicted molar refractivity (Wildman–Crippen MR) is 215 cm³/mol. The maximum absolute atomic E-state index is 13.1. The molecule has 53 heavy (non-hydrogen) atoms. The van der Waals surface area contributed by atoms with Gasteiger partial charge in [0, 0.05) is 24.2 Å². The van der Waals surface area contributed by atoms with Crippen molar-refractivity contribution < 1.29 is 29.4 Å². The minimum atomic E-state index is -0.859. The lowest BCUT2D eigenvalue weighted by Crippen LogP contribution is -2.50. The second kappa shape index (κ2) is 21.3. The lowest BCUT2D eigenvalue weighted by molar-refractivity contribution is -0.136. The number of nitrogens with one attached hydrogen (secondary N) is 2. The molecule has 292 valence electrons. The van der Waals surface area contributed by atoms with E-state index in [0.29, 0.717) is 28.4 Å². The predicted octanol–water partition coefficient (Wildman–Crippen LogP) is 9.80. The molecule has 3 fully saturated rings. The lowest BCUT2D eigenvalue weighted by Gasteiger charge is -2.41. The molecule has 0 saturated heterocycles. The van der Waals surface area contributed by atoms with Crippen molar-refractivity contribution in [3.63, 3.8) is 0 Å². The first-order valence-electron chi connectivity index (χ1n) is 19.2. The van der Waals surface area contributed by atoms with Crippen molar-refractivity contribution in [1.82, 2.24) is 19.8 Å². The summed E-state index contributed by atoms with van der Waals surface area (Å²) in [6.45, 7) is 1.65. The van der Waals surface area contributed by atoms with Gasteiger partial charge in [-0.15, -0.1) is 11.8 Å². The van der Waals surface area contributed by atoms with E-state index in [0.717, 1.165) is 66.2 Å². The van der Waals surface area contributed by atoms with Gasteiger partial charge in [0.05, 0.1) is 26.6 Å². The smallest absolute Gasteiger partial charge is 0.324 e. The van der Waals surface area contributed by atoms with Crippen molar-refractivity contribution in [2.24, 2.45) is 0 Å². The number of hydrogen-bond acceptors (Lipinski definition) is 10. The zero-order valence-corrected chi connectivity index (χ0v) is 33.8. The fourth-order valence-corrected chi connectivity index (χ4v) is 11.3. The lowest BCUT2D eigenvalue weighted by atomic mass is 9.89. The van der Waals surface area contributed by atoms with Crippen molar-refractivity contribution in [2.75, 3.05) is 16.4 Å². The molecule has 4 N–H and O–H groups in total. The number of hydrogen-bond donors (Lipinski definition) is 4. The van der Waals surface area contributed by atoms with Crippen molar-refractivity contribution >= 4 is 80.5 Å². The molecule has 4 amide bonds. The summed E-state index contributed by atoms with van der Waals surface area (Å²) in [5.74, 6) is -1.71. The first-order valence-corrected chi connectivity index (χ1v) is 22.7. The standard InChI is InChI=1S/C19H29N3O3S2.C18H25N3O3S2/c1-13(17(23)24)26-16-12-20-18(27-16)21-19(25)22(14-8-4-2-5-9-14)15-10-6-3-7-11-15;22-15(23)12-25-16-11-19-17(26-16)20-18(24)21(13-7-3-1-4-8-13)14-9-5-2-6-10-14/h12-15H,2-11H2,1H3,(H,23,24)(H,20,21,25);1,3,11,13-14H,2,4-10,12H2,(H,22,23)(H,19,20,24). The van der Waals surface area contributed by atoms with Crippen LogP contribution >= 0.6 is 46.2 Å². The fourth-order valence-electron chi connectivity index (χ4n) is 7.79. The zero-order chi connectivity index (χ0) is 37.6. The van der Waals surface area contributed by atoms with Crippen LogP contribution in [0.1, 0.15) is 122 Å². The van der Waals surface area contributed by atoms with E-state index in [-0.39, 0.29) is 23.9 Å². The van der Waals surface area contributed by atoms with E-state index in [4.69, 9.17) is 10.2 Å². The molecule has 0 bridgehead atoms. The number of carbonyl (C=O) groups excluding carboxylic acids is 2. The highest BCUT2D eigenvalue weighted by Gasteiger charge is 2.34. The first kappa shape index (κ1) is 41.3. The van der Waals surface area contributed by atoms with Gasteiger partial charge in [0.15, 0.2) is 10.3 Å². The molecule has 2 aromatic heterocycles. The van der Waals surface area contributed by atoms with Crippen molar-refractivity contribution in [3.8, 4) is 0 Å². The third kappa shape index (κ3) is 12.9. The second-order valence-electron chi connectivity index (χ2n) is 14.2. The van der Waals surface area contributed by atoms with Gasteiger partial charge in [0.25, 0.3) is 0 Å². The van der Waals surface area contributed by atoms with E-state index in [1.165, 1.54) is 104 Å². The van der Waals surface area contributed by atoms with E-state index in [1.807, 2.05) is 0 Å². The molecular weight excluding hydrogens is 753 g/mol. The van der Waals surface area contributed by atoms with E-state index in [2.05, 4.69) is 42.6 Å². The van der Waals surface area contributed by atoms with Gasteiger partial charge in [-0.2, -0.15) is 0 Å². The molecular formula is C37H54N6O6S4. The van der Waals surface area contributed by atoms with Gasteiger partial charge in [-0.3, -0.25) is 20.2 Å². The molecule has 2 aromatic rings. The number of carbonyl (C=O) groups is 4. The molecule has 0 spiro atoms. The quantitative estimate of drug-likeness (QED) is 0.120. The number of thioether (sulfide) groups is 2. The van der Waals surface area contributed by atoms with Crippen LogP contribution in [-0.2, 0) is 9.59 Å². The monoisotopic (exact) mass is 806 g/mol. The number of allylic oxidation sites excluding steroid dienone is 1. The highest BCUT2D eigenvalue weighted by Crippen LogP contribution is 2.35. The normalized spacial score (nSPS) is 20.4. The maximum atomic E-state index is 13.1. The third-order valence-corrected chi connectivity index (χ3v) is 14.6. The van der Waals surface area contributed by atoms with Gasteiger partial charge >= 0.3 is 24.0 Å². The highest BCUT2D eigenvalue weighted by atomic mass is 32.2. The molecule has 2 atom stereocenters. The van der Waals surface area contributed by atoms with Crippen LogP contribution in [0.15, 0.2) is 33.0 Å². The topological polar surface area (TPSA) is 165 Å². The Bertz CT molecular complexity index is 1500. The third-order valence-electron chi connectivity index (χ3n) is 10.4. The summed E-state index contributed by atoms with van der Waals surface area (Å²) >= 11 is 5.16. The van der Waals surface area contributed by atoms with Crippen LogP contribution in [0.3, 0.4) is 0 Å². The average molecular weight is 807 g/mol. The van der Waals surface area contributed by atoms with Crippen LogP contribution < -0.4 is 10.6 Å². The molecule has 4 aliphatic carbocycles. The minimum absolute atomic E-state index is 0.00180. The SMILES string of the molecule is CC(Sc1cnc(NC(=O)N(C2CCCCC2)C2CCCCC2)s1)C(=O)O.O=C(O)CSc1cnc(NC(=O)N(C2CC=CCC2)C2CCCCC2)s1. The fraction of sp³-hybridized carbons (Fsp3) is 0.676. The summed E-state index contributed by atoms with van der Waals surface area (Å²) in [5, 5.41) is 24.3.